The van der Waals surface area contributed by atoms with Gasteiger partial charge in [-0.2, -0.15) is 0 Å². The fourth-order valence-electron chi connectivity index (χ4n) is 2.28. The van der Waals surface area contributed by atoms with Crippen LogP contribution < -0.4 is 21.4 Å². The fraction of sp³-hybridized carbons (Fsp3) is 0.105. The first-order chi connectivity index (χ1) is 13.3. The lowest BCUT2D eigenvalue weighted by Gasteiger charge is -2.08. The summed E-state index contributed by atoms with van der Waals surface area (Å²) in [7, 11) is 1.57. The van der Waals surface area contributed by atoms with Crippen molar-refractivity contribution in [3.63, 3.8) is 0 Å². The maximum atomic E-state index is 5.58. The molecule has 0 radical (unpaired) electrons. The van der Waals surface area contributed by atoms with Crippen molar-refractivity contribution in [1.82, 2.24) is 4.98 Å². The monoisotopic (exact) mass is 366 g/mol. The van der Waals surface area contributed by atoms with Crippen LogP contribution in [-0.4, -0.2) is 12.1 Å². The van der Waals surface area contributed by atoms with Crippen LogP contribution in [0, 0.1) is 12.2 Å². The topological polar surface area (TPSA) is 104 Å². The Kier molecular flexibility index (Phi) is 6.01. The lowest BCUT2D eigenvalue weighted by atomic mass is 10.1. The Bertz CT molecular complexity index is 932. The Morgan fingerprint density at radius 1 is 1.07 bits per heavy atom. The van der Waals surface area contributed by atoms with Crippen LogP contribution in [0.3, 0.4) is 0 Å². The molecule has 0 aliphatic rings. The normalized spacial score (nSPS) is 9.70. The van der Waals surface area contributed by atoms with Crippen LogP contribution in [-0.2, 0) is 16.2 Å². The van der Waals surface area contributed by atoms with Gasteiger partial charge >= 0.3 is 0 Å². The van der Waals surface area contributed by atoms with Gasteiger partial charge in [-0.3, -0.25) is 0 Å². The van der Waals surface area contributed by atoms with Gasteiger partial charge in [0.1, 0.15) is 5.75 Å². The van der Waals surface area contributed by atoms with Gasteiger partial charge in [0, 0.05) is 12.6 Å². The molecular weight excluding hydrogens is 348 g/mol. The van der Waals surface area contributed by atoms with Crippen molar-refractivity contribution in [1.29, 1.82) is 0 Å². The summed E-state index contributed by atoms with van der Waals surface area (Å²) in [4.78, 5) is 14.0. The highest BCUT2D eigenvalue weighted by Crippen LogP contribution is 2.32. The minimum absolute atomic E-state index is 0.451. The maximum absolute atomic E-state index is 5.58. The second-order valence-corrected chi connectivity index (χ2v) is 5.30. The minimum Gasteiger partial charge on any atom is -0.496 e. The van der Waals surface area contributed by atoms with Crippen LogP contribution in [0.1, 0.15) is 5.56 Å². The standard InChI is InChI=1S/C19H18N4O4/c1-24-18-10-16(5-6-17(18)19-12-21-13-25-19)23-27-8-7-26-22-15-4-2-3-14(9-15)11-20/h2-6,9-10,12-13,22-23H,11,20H2,1H3. The second-order valence-electron chi connectivity index (χ2n) is 5.30. The predicted octanol–water partition coefficient (Wildman–Crippen LogP) is 3.11. The van der Waals surface area contributed by atoms with E-state index in [4.69, 9.17) is 24.6 Å². The van der Waals surface area contributed by atoms with Crippen LogP contribution >= 0.6 is 0 Å². The number of ether oxygens (including phenoxy) is 1. The second kappa shape index (κ2) is 9.03. The Morgan fingerprint density at radius 3 is 2.52 bits per heavy atom. The van der Waals surface area contributed by atoms with Crippen molar-refractivity contribution in [3.05, 3.63) is 60.6 Å². The number of aromatic nitrogens is 1. The molecule has 0 unspecified atom stereocenters. The fourth-order valence-corrected chi connectivity index (χ4v) is 2.28. The van der Waals surface area contributed by atoms with Gasteiger partial charge in [-0.15, -0.1) is 0 Å². The van der Waals surface area contributed by atoms with Crippen molar-refractivity contribution < 1.29 is 18.8 Å². The molecule has 0 amide bonds. The summed E-state index contributed by atoms with van der Waals surface area (Å²) in [6, 6.07) is 12.9. The zero-order valence-electron chi connectivity index (χ0n) is 14.6. The number of benzene rings is 2. The Morgan fingerprint density at radius 2 is 1.85 bits per heavy atom. The summed E-state index contributed by atoms with van der Waals surface area (Å²) in [6.07, 6.45) is 7.72. The van der Waals surface area contributed by atoms with Gasteiger partial charge in [-0.25, -0.2) is 15.9 Å². The molecule has 0 bridgehead atoms. The zero-order chi connectivity index (χ0) is 18.9. The lowest BCUT2D eigenvalue weighted by Crippen LogP contribution is -2.00. The first kappa shape index (κ1) is 18.0. The molecule has 0 aliphatic heterocycles. The molecule has 3 rings (SSSR count). The molecule has 0 spiro atoms. The summed E-state index contributed by atoms with van der Waals surface area (Å²) >= 11 is 0. The summed E-state index contributed by atoms with van der Waals surface area (Å²) < 4.78 is 10.6. The van der Waals surface area contributed by atoms with Crippen molar-refractivity contribution in [3.8, 4) is 29.3 Å². The number of nitrogens with zero attached hydrogens (tertiary/aromatic N) is 1. The van der Waals surface area contributed by atoms with Gasteiger partial charge < -0.3 is 24.6 Å². The molecule has 27 heavy (non-hydrogen) atoms. The van der Waals surface area contributed by atoms with E-state index in [-0.39, 0.29) is 0 Å². The smallest absolute Gasteiger partial charge is 0.192 e. The first-order valence-electron chi connectivity index (χ1n) is 7.99. The van der Waals surface area contributed by atoms with Crippen molar-refractivity contribution in [2.24, 2.45) is 5.73 Å². The number of hydrogen-bond donors (Lipinski definition) is 3. The van der Waals surface area contributed by atoms with E-state index in [9.17, 15) is 0 Å². The van der Waals surface area contributed by atoms with Gasteiger partial charge in [0.15, 0.2) is 24.4 Å². The highest BCUT2D eigenvalue weighted by atomic mass is 16.7. The quantitative estimate of drug-likeness (QED) is 0.433. The summed E-state index contributed by atoms with van der Waals surface area (Å²) in [5.74, 6) is 1.21. The lowest BCUT2D eigenvalue weighted by molar-refractivity contribution is 0.327. The third-order valence-corrected chi connectivity index (χ3v) is 3.54. The van der Waals surface area contributed by atoms with E-state index in [1.54, 1.807) is 25.4 Å². The van der Waals surface area contributed by atoms with Crippen molar-refractivity contribution in [2.45, 2.75) is 6.54 Å². The first-order valence-corrected chi connectivity index (χ1v) is 7.99. The van der Waals surface area contributed by atoms with Gasteiger partial charge in [0.05, 0.1) is 30.2 Å². The Hall–Kier alpha value is -3.83. The van der Waals surface area contributed by atoms with E-state index in [1.807, 2.05) is 30.3 Å². The molecule has 2 aromatic carbocycles. The number of anilines is 2. The zero-order valence-corrected chi connectivity index (χ0v) is 14.6. The third kappa shape index (κ3) is 4.84. The van der Waals surface area contributed by atoms with Gasteiger partial charge in [-0.05, 0) is 29.8 Å². The highest BCUT2D eigenvalue weighted by Gasteiger charge is 2.09. The number of rotatable bonds is 7. The van der Waals surface area contributed by atoms with Crippen molar-refractivity contribution >= 4 is 11.4 Å². The molecule has 8 heteroatoms. The van der Waals surface area contributed by atoms with Crippen molar-refractivity contribution in [2.75, 3.05) is 18.1 Å². The van der Waals surface area contributed by atoms with Crippen LogP contribution in [0.15, 0.2) is 59.5 Å². The SMILES string of the molecule is COc1cc(NOC#CONc2cccc(CN)c2)ccc1-c1cnco1. The molecule has 3 aromatic rings. The van der Waals surface area contributed by atoms with E-state index in [2.05, 4.69) is 28.2 Å². The number of nitrogens with one attached hydrogen (secondary N) is 2. The van der Waals surface area contributed by atoms with E-state index in [0.717, 1.165) is 16.8 Å². The summed E-state index contributed by atoms with van der Waals surface area (Å²) in [5, 5.41) is 0. The average molecular weight is 366 g/mol. The van der Waals surface area contributed by atoms with Gasteiger partial charge in [-0.1, -0.05) is 12.1 Å². The largest absolute Gasteiger partial charge is 0.496 e. The molecule has 0 aliphatic carbocycles. The summed E-state index contributed by atoms with van der Waals surface area (Å²) in [5.41, 5.74) is 14.1. The molecule has 0 atom stereocenters. The van der Waals surface area contributed by atoms with Crippen LogP contribution in [0.5, 0.6) is 5.75 Å². The molecule has 0 saturated heterocycles. The van der Waals surface area contributed by atoms with Crippen LogP contribution in [0.4, 0.5) is 11.4 Å². The van der Waals surface area contributed by atoms with Crippen LogP contribution in [0.2, 0.25) is 0 Å². The minimum atomic E-state index is 0.451. The molecule has 1 aromatic heterocycles. The highest BCUT2D eigenvalue weighted by molar-refractivity contribution is 5.69. The van der Waals surface area contributed by atoms with E-state index in [1.165, 1.54) is 6.39 Å². The Labute approximate surface area is 156 Å². The molecular formula is C19H18N4O4. The number of oxazole rings is 1. The van der Waals surface area contributed by atoms with E-state index < -0.39 is 0 Å². The number of methoxy groups -OCH3 is 1. The van der Waals surface area contributed by atoms with Gasteiger partial charge in [0.2, 0.25) is 0 Å². The molecule has 138 valence electrons. The maximum Gasteiger partial charge on any atom is 0.192 e. The molecule has 8 nitrogen and oxygen atoms in total. The van der Waals surface area contributed by atoms with E-state index in [0.29, 0.717) is 23.7 Å². The molecule has 1 heterocycles. The number of nitrogens with two attached hydrogens (primary N) is 1. The van der Waals surface area contributed by atoms with E-state index >= 15 is 0 Å². The third-order valence-electron chi connectivity index (χ3n) is 3.54. The van der Waals surface area contributed by atoms with Gasteiger partial charge in [0.25, 0.3) is 0 Å². The Balaban J connectivity index is 1.51. The summed E-state index contributed by atoms with van der Waals surface area (Å²) in [6.45, 7) is 0.451. The average Bonchev–Trinajstić information content (AvgIpc) is 3.25. The predicted molar refractivity (Wildman–Crippen MR) is 100 cm³/mol. The molecule has 0 fully saturated rings. The van der Waals surface area contributed by atoms with Crippen LogP contribution in [0.25, 0.3) is 11.3 Å². The number of hydrogen-bond acceptors (Lipinski definition) is 8. The molecule has 0 saturated carbocycles. The molecule has 4 N–H and O–H groups in total.